The molecule has 0 aliphatic carbocycles. The summed E-state index contributed by atoms with van der Waals surface area (Å²) >= 11 is 0. The van der Waals surface area contributed by atoms with Crippen molar-refractivity contribution in [2.24, 2.45) is 23.7 Å². The van der Waals surface area contributed by atoms with Gasteiger partial charge in [0.05, 0.1) is 0 Å². The first-order chi connectivity index (χ1) is 13.5. The molecule has 0 aromatic carbocycles. The Morgan fingerprint density at radius 3 is 1.11 bits per heavy atom. The van der Waals surface area contributed by atoms with E-state index in [1.807, 2.05) is 0 Å². The first-order valence-corrected chi connectivity index (χ1v) is 13.1. The third-order valence-corrected chi connectivity index (χ3v) is 6.84. The molecule has 0 aliphatic heterocycles. The molecule has 0 aromatic rings. The van der Waals surface area contributed by atoms with E-state index in [0.717, 1.165) is 30.1 Å². The van der Waals surface area contributed by atoms with Crippen LogP contribution >= 0.6 is 0 Å². The molecule has 0 spiro atoms. The fourth-order valence-corrected chi connectivity index (χ4v) is 4.56. The molecule has 1 N–H and O–H groups in total. The van der Waals surface area contributed by atoms with Crippen LogP contribution in [0.5, 0.6) is 0 Å². The zero-order valence-electron chi connectivity index (χ0n) is 20.5. The molecular formula is C27H56O. The molecule has 0 bridgehead atoms. The van der Waals surface area contributed by atoms with E-state index >= 15 is 0 Å². The van der Waals surface area contributed by atoms with Gasteiger partial charge in [-0.2, -0.15) is 0 Å². The average Bonchev–Trinajstić information content (AvgIpc) is 2.66. The predicted octanol–water partition coefficient (Wildman–Crippen LogP) is 9.17. The lowest BCUT2D eigenvalue weighted by Gasteiger charge is -2.17. The lowest BCUT2D eigenvalue weighted by Crippen LogP contribution is -2.02. The first-order valence-electron chi connectivity index (χ1n) is 13.1. The molecule has 0 fully saturated rings. The van der Waals surface area contributed by atoms with Crippen LogP contribution in [0.1, 0.15) is 144 Å². The van der Waals surface area contributed by atoms with Gasteiger partial charge in [-0.15, -0.1) is 0 Å². The predicted molar refractivity (Wildman–Crippen MR) is 128 cm³/mol. The van der Waals surface area contributed by atoms with Crippen molar-refractivity contribution < 1.29 is 5.11 Å². The summed E-state index contributed by atoms with van der Waals surface area (Å²) in [4.78, 5) is 0. The van der Waals surface area contributed by atoms with Gasteiger partial charge in [-0.3, -0.25) is 0 Å². The van der Waals surface area contributed by atoms with Crippen LogP contribution in [-0.2, 0) is 0 Å². The molecule has 28 heavy (non-hydrogen) atoms. The molecule has 1 heteroatoms. The maximum Gasteiger partial charge on any atom is 0.0431 e. The van der Waals surface area contributed by atoms with Crippen LogP contribution in [0.4, 0.5) is 0 Å². The van der Waals surface area contributed by atoms with Crippen molar-refractivity contribution in [3.63, 3.8) is 0 Å². The molecule has 0 saturated heterocycles. The molecule has 0 saturated carbocycles. The van der Waals surface area contributed by atoms with Crippen LogP contribution in [0.25, 0.3) is 0 Å². The molecule has 0 rings (SSSR count). The van der Waals surface area contributed by atoms with E-state index in [-0.39, 0.29) is 0 Å². The van der Waals surface area contributed by atoms with Crippen LogP contribution in [0.15, 0.2) is 0 Å². The van der Waals surface area contributed by atoms with Crippen molar-refractivity contribution in [2.45, 2.75) is 144 Å². The minimum atomic E-state index is 0.358. The summed E-state index contributed by atoms with van der Waals surface area (Å²) in [5.41, 5.74) is 0. The number of aliphatic hydroxyl groups is 1. The summed E-state index contributed by atoms with van der Waals surface area (Å²) in [5.74, 6) is 3.54. The van der Waals surface area contributed by atoms with E-state index in [9.17, 15) is 0 Å². The molecule has 0 radical (unpaired) electrons. The topological polar surface area (TPSA) is 20.2 Å². The van der Waals surface area contributed by atoms with Crippen molar-refractivity contribution in [1.82, 2.24) is 0 Å². The fourth-order valence-electron chi connectivity index (χ4n) is 4.56. The van der Waals surface area contributed by atoms with Crippen molar-refractivity contribution in [2.75, 3.05) is 6.61 Å². The van der Waals surface area contributed by atoms with Gasteiger partial charge in [-0.1, -0.05) is 131 Å². The number of hydrogen-bond acceptors (Lipinski definition) is 1. The van der Waals surface area contributed by atoms with Crippen LogP contribution in [-0.4, -0.2) is 11.7 Å². The lowest BCUT2D eigenvalue weighted by atomic mass is 9.90. The Balaban J connectivity index is 3.51. The van der Waals surface area contributed by atoms with Crippen molar-refractivity contribution in [3.05, 3.63) is 0 Å². The standard InChI is InChI=1S/C27H56O/c1-6-7-8-9-10-15-24(2)16-11-17-25(3)18-12-19-26(4)20-13-21-27(5)22-14-23-28/h24-28H,6-23H2,1-5H3. The van der Waals surface area contributed by atoms with E-state index in [4.69, 9.17) is 5.11 Å². The second kappa shape index (κ2) is 20.2. The minimum absolute atomic E-state index is 0.358. The SMILES string of the molecule is CCCCCCCC(C)CCCC(C)CCCC(C)CCCC(C)CCCO. The highest BCUT2D eigenvalue weighted by molar-refractivity contribution is 4.62. The first kappa shape index (κ1) is 28.0. The lowest BCUT2D eigenvalue weighted by molar-refractivity contribution is 0.269. The molecule has 4 unspecified atom stereocenters. The summed E-state index contributed by atoms with van der Waals surface area (Å²) in [6.45, 7) is 12.4. The van der Waals surface area contributed by atoms with Crippen molar-refractivity contribution in [1.29, 1.82) is 0 Å². The van der Waals surface area contributed by atoms with E-state index < -0.39 is 0 Å². The van der Waals surface area contributed by atoms with Crippen LogP contribution in [0.3, 0.4) is 0 Å². The maximum atomic E-state index is 8.91. The second-order valence-electron chi connectivity index (χ2n) is 10.3. The van der Waals surface area contributed by atoms with E-state index in [1.54, 1.807) is 0 Å². The molecule has 1 nitrogen and oxygen atoms in total. The van der Waals surface area contributed by atoms with Gasteiger partial charge in [0.1, 0.15) is 0 Å². The highest BCUT2D eigenvalue weighted by Crippen LogP contribution is 2.24. The van der Waals surface area contributed by atoms with Gasteiger partial charge in [0.2, 0.25) is 0 Å². The zero-order valence-corrected chi connectivity index (χ0v) is 20.5. The summed E-state index contributed by atoms with van der Waals surface area (Å²) in [6.07, 6.45) is 23.5. The van der Waals surface area contributed by atoms with Crippen LogP contribution < -0.4 is 0 Å². The van der Waals surface area contributed by atoms with Gasteiger partial charge in [0, 0.05) is 6.61 Å². The second-order valence-corrected chi connectivity index (χ2v) is 10.3. The van der Waals surface area contributed by atoms with Gasteiger partial charge < -0.3 is 5.11 Å². The van der Waals surface area contributed by atoms with Crippen LogP contribution in [0, 0.1) is 23.7 Å². The Morgan fingerprint density at radius 2 is 0.750 bits per heavy atom. The molecule has 0 amide bonds. The molecular weight excluding hydrogens is 340 g/mol. The Labute approximate surface area is 179 Å². The fraction of sp³-hybridized carbons (Fsp3) is 1.00. The Morgan fingerprint density at radius 1 is 0.429 bits per heavy atom. The monoisotopic (exact) mass is 396 g/mol. The normalized spacial score (nSPS) is 16.1. The number of rotatable bonds is 21. The zero-order chi connectivity index (χ0) is 21.0. The molecule has 0 aromatic heterocycles. The number of aliphatic hydroxyl groups excluding tert-OH is 1. The largest absolute Gasteiger partial charge is 0.396 e. The smallest absolute Gasteiger partial charge is 0.0431 e. The summed E-state index contributed by atoms with van der Waals surface area (Å²) < 4.78 is 0. The third kappa shape index (κ3) is 19.3. The average molecular weight is 397 g/mol. The van der Waals surface area contributed by atoms with Gasteiger partial charge in [-0.25, -0.2) is 0 Å². The molecule has 0 aliphatic rings. The van der Waals surface area contributed by atoms with Gasteiger partial charge in [0.15, 0.2) is 0 Å². The number of hydrogen-bond donors (Lipinski definition) is 1. The summed E-state index contributed by atoms with van der Waals surface area (Å²) in [5, 5.41) is 8.91. The molecule has 4 atom stereocenters. The Hall–Kier alpha value is -0.0400. The maximum absolute atomic E-state index is 8.91. The Kier molecular flexibility index (Phi) is 20.2. The minimum Gasteiger partial charge on any atom is -0.396 e. The molecule has 0 heterocycles. The van der Waals surface area contributed by atoms with Gasteiger partial charge in [0.25, 0.3) is 0 Å². The van der Waals surface area contributed by atoms with Crippen LogP contribution in [0.2, 0.25) is 0 Å². The number of unbranched alkanes of at least 4 members (excludes halogenated alkanes) is 4. The van der Waals surface area contributed by atoms with Crippen molar-refractivity contribution in [3.8, 4) is 0 Å². The van der Waals surface area contributed by atoms with E-state index in [2.05, 4.69) is 34.6 Å². The van der Waals surface area contributed by atoms with Crippen molar-refractivity contribution >= 4 is 0 Å². The Bertz CT molecular complexity index is 301. The summed E-state index contributed by atoms with van der Waals surface area (Å²) in [6, 6.07) is 0. The van der Waals surface area contributed by atoms with E-state index in [1.165, 1.54) is 103 Å². The highest BCUT2D eigenvalue weighted by Gasteiger charge is 2.09. The summed E-state index contributed by atoms with van der Waals surface area (Å²) in [7, 11) is 0. The third-order valence-electron chi connectivity index (χ3n) is 6.84. The highest BCUT2D eigenvalue weighted by atomic mass is 16.2. The van der Waals surface area contributed by atoms with E-state index in [0.29, 0.717) is 6.61 Å². The van der Waals surface area contributed by atoms with Gasteiger partial charge >= 0.3 is 0 Å². The molecule has 170 valence electrons. The van der Waals surface area contributed by atoms with Gasteiger partial charge in [-0.05, 0) is 36.5 Å². The quantitative estimate of drug-likeness (QED) is 0.192.